The molecule has 0 saturated heterocycles. The molecule has 0 atom stereocenters. The van der Waals surface area contributed by atoms with E-state index in [-0.39, 0.29) is 10.8 Å². The van der Waals surface area contributed by atoms with Gasteiger partial charge in [-0.1, -0.05) is 222 Å². The molecule has 0 heterocycles. The van der Waals surface area contributed by atoms with E-state index in [0.717, 1.165) is 17.1 Å². The summed E-state index contributed by atoms with van der Waals surface area (Å²) >= 11 is 0. The molecule has 0 fully saturated rings. The summed E-state index contributed by atoms with van der Waals surface area (Å²) in [7, 11) is 0. The molecule has 1 heteroatoms. The molecule has 320 valence electrons. The molecule has 0 spiro atoms. The third-order valence-electron chi connectivity index (χ3n) is 14.7. The number of anilines is 3. The van der Waals surface area contributed by atoms with E-state index in [1.807, 2.05) is 0 Å². The van der Waals surface area contributed by atoms with E-state index in [1.165, 1.54) is 100 Å². The van der Waals surface area contributed by atoms with Crippen LogP contribution in [0.5, 0.6) is 0 Å². The van der Waals surface area contributed by atoms with Crippen molar-refractivity contribution in [2.24, 2.45) is 0 Å². The van der Waals surface area contributed by atoms with Crippen LogP contribution >= 0.6 is 0 Å². The fourth-order valence-electron chi connectivity index (χ4n) is 11.4. The lowest BCUT2D eigenvalue weighted by Crippen LogP contribution is -2.16. The summed E-state index contributed by atoms with van der Waals surface area (Å²) < 4.78 is 0. The minimum absolute atomic E-state index is 0.0582. The van der Waals surface area contributed by atoms with Crippen LogP contribution in [0.1, 0.15) is 49.9 Å². The lowest BCUT2D eigenvalue weighted by Gasteiger charge is -2.27. The van der Waals surface area contributed by atoms with Gasteiger partial charge in [0.25, 0.3) is 0 Å². The normalized spacial score (nSPS) is 13.6. The van der Waals surface area contributed by atoms with Crippen LogP contribution < -0.4 is 4.90 Å². The molecule has 0 unspecified atom stereocenters. The molecule has 0 aliphatic heterocycles. The predicted octanol–water partition coefficient (Wildman–Crippen LogP) is 18.1. The molecule has 0 aromatic heterocycles. The molecular weight excluding hydrogens is 807 g/mol. The second-order valence-corrected chi connectivity index (χ2v) is 19.3. The van der Waals surface area contributed by atoms with Gasteiger partial charge in [-0.2, -0.15) is 0 Å². The number of hydrogen-bond donors (Lipinski definition) is 0. The van der Waals surface area contributed by atoms with Crippen LogP contribution in [0.2, 0.25) is 0 Å². The SMILES string of the molecule is CC1(C)c2ccccc2-c2ccc(-c3ccc(N(c4ccc(-c5ccccc5-c5cccc6c5C(C)(C)c5ccccc5-6)cc4)c4ccc(-c5ccccc5)c(-c5ccccc5)c4)cc3)cc21. The van der Waals surface area contributed by atoms with E-state index in [9.17, 15) is 0 Å². The van der Waals surface area contributed by atoms with Gasteiger partial charge in [0.15, 0.2) is 0 Å². The van der Waals surface area contributed by atoms with Crippen molar-refractivity contribution < 1.29 is 0 Å². The zero-order valence-corrected chi connectivity index (χ0v) is 38.5. The lowest BCUT2D eigenvalue weighted by atomic mass is 9.78. The van der Waals surface area contributed by atoms with Crippen LogP contribution in [0.4, 0.5) is 17.1 Å². The van der Waals surface area contributed by atoms with E-state index < -0.39 is 0 Å². The minimum atomic E-state index is -0.118. The van der Waals surface area contributed by atoms with Crippen molar-refractivity contribution in [1.82, 2.24) is 0 Å². The molecule has 1 nitrogen and oxygen atoms in total. The second kappa shape index (κ2) is 15.9. The smallest absolute Gasteiger partial charge is 0.0468 e. The zero-order chi connectivity index (χ0) is 45.3. The summed E-state index contributed by atoms with van der Waals surface area (Å²) in [5.41, 5.74) is 26.2. The summed E-state index contributed by atoms with van der Waals surface area (Å²) in [6.45, 7) is 9.46. The second-order valence-electron chi connectivity index (χ2n) is 19.3. The lowest BCUT2D eigenvalue weighted by molar-refractivity contribution is 0.660. The molecule has 10 aromatic rings. The summed E-state index contributed by atoms with van der Waals surface area (Å²) in [5, 5.41) is 0. The zero-order valence-electron chi connectivity index (χ0n) is 38.5. The van der Waals surface area contributed by atoms with Crippen molar-refractivity contribution in [3.63, 3.8) is 0 Å². The topological polar surface area (TPSA) is 3.24 Å². The van der Waals surface area contributed by atoms with Gasteiger partial charge in [-0.25, -0.2) is 0 Å². The standard InChI is InChI=1S/C66H51N/c1-65(2)61-28-15-13-24-55(61)57-40-34-48(42-63(57)65)44-30-35-49(36-31-44)67(51-39-41-53(45-18-7-5-8-19-45)60(43-51)46-20-9-6-10-21-46)50-37-32-47(33-38-50)52-22-11-12-23-54(52)58-26-17-27-59-56-25-14-16-29-62(56)66(3,4)64(58)59/h5-43H,1-4H3. The van der Waals surface area contributed by atoms with E-state index in [1.54, 1.807) is 0 Å². The quantitative estimate of drug-likeness (QED) is 0.147. The van der Waals surface area contributed by atoms with Crippen molar-refractivity contribution in [2.45, 2.75) is 38.5 Å². The number of benzene rings is 10. The highest BCUT2D eigenvalue weighted by molar-refractivity contribution is 5.94. The highest BCUT2D eigenvalue weighted by atomic mass is 15.1. The number of nitrogens with zero attached hydrogens (tertiary/aromatic N) is 1. The van der Waals surface area contributed by atoms with Crippen LogP contribution in [0.3, 0.4) is 0 Å². The molecule has 0 bridgehead atoms. The van der Waals surface area contributed by atoms with Crippen LogP contribution in [0.15, 0.2) is 237 Å². The van der Waals surface area contributed by atoms with Gasteiger partial charge >= 0.3 is 0 Å². The Labute approximate surface area is 395 Å². The van der Waals surface area contributed by atoms with Gasteiger partial charge in [0.1, 0.15) is 0 Å². The first-order valence-corrected chi connectivity index (χ1v) is 23.6. The molecule has 10 aromatic carbocycles. The largest absolute Gasteiger partial charge is 0.310 e. The monoisotopic (exact) mass is 857 g/mol. The highest BCUT2D eigenvalue weighted by Gasteiger charge is 2.38. The molecule has 2 aliphatic carbocycles. The van der Waals surface area contributed by atoms with E-state index >= 15 is 0 Å². The van der Waals surface area contributed by atoms with E-state index in [2.05, 4.69) is 269 Å². The third-order valence-corrected chi connectivity index (χ3v) is 14.7. The third kappa shape index (κ3) is 6.68. The molecule has 0 saturated carbocycles. The van der Waals surface area contributed by atoms with Gasteiger partial charge in [-0.3, -0.25) is 0 Å². The number of fused-ring (bicyclic) bond motifs is 6. The van der Waals surface area contributed by atoms with E-state index in [4.69, 9.17) is 0 Å². The van der Waals surface area contributed by atoms with Crippen molar-refractivity contribution >= 4 is 17.1 Å². The number of rotatable bonds is 8. The van der Waals surface area contributed by atoms with Gasteiger partial charge in [0.2, 0.25) is 0 Å². The van der Waals surface area contributed by atoms with E-state index in [0.29, 0.717) is 0 Å². The van der Waals surface area contributed by atoms with Crippen LogP contribution in [-0.4, -0.2) is 0 Å². The molecule has 0 amide bonds. The Bertz CT molecular complexity index is 3480. The molecule has 0 N–H and O–H groups in total. The van der Waals surface area contributed by atoms with Gasteiger partial charge in [0, 0.05) is 27.9 Å². The Morgan fingerprint density at radius 3 is 1.28 bits per heavy atom. The minimum Gasteiger partial charge on any atom is -0.310 e. The average molecular weight is 858 g/mol. The first-order valence-electron chi connectivity index (χ1n) is 23.6. The van der Waals surface area contributed by atoms with Crippen LogP contribution in [0, 0.1) is 0 Å². The first kappa shape index (κ1) is 40.5. The Hall–Kier alpha value is -8.00. The van der Waals surface area contributed by atoms with Gasteiger partial charge in [-0.15, -0.1) is 0 Å². The predicted molar refractivity (Wildman–Crippen MR) is 283 cm³/mol. The van der Waals surface area contributed by atoms with Crippen molar-refractivity contribution in [3.05, 3.63) is 259 Å². The molecule has 12 rings (SSSR count). The van der Waals surface area contributed by atoms with Gasteiger partial charge in [-0.05, 0) is 143 Å². The Morgan fingerprint density at radius 2 is 0.642 bits per heavy atom. The summed E-state index contributed by atoms with van der Waals surface area (Å²) in [6.07, 6.45) is 0. The van der Waals surface area contributed by atoms with Gasteiger partial charge in [0.05, 0.1) is 0 Å². The molecule has 2 aliphatic rings. The molecule has 67 heavy (non-hydrogen) atoms. The maximum Gasteiger partial charge on any atom is 0.0468 e. The Balaban J connectivity index is 0.964. The first-order chi connectivity index (χ1) is 32.8. The van der Waals surface area contributed by atoms with Crippen LogP contribution in [-0.2, 0) is 10.8 Å². The number of hydrogen-bond acceptors (Lipinski definition) is 1. The Morgan fingerprint density at radius 1 is 0.239 bits per heavy atom. The summed E-state index contributed by atoms with van der Waals surface area (Å²) in [5.74, 6) is 0. The fraction of sp³-hybridized carbons (Fsp3) is 0.0909. The highest BCUT2D eigenvalue weighted by Crippen LogP contribution is 2.54. The maximum atomic E-state index is 2.41. The van der Waals surface area contributed by atoms with Gasteiger partial charge < -0.3 is 4.90 Å². The molecule has 0 radical (unpaired) electrons. The maximum absolute atomic E-state index is 2.41. The van der Waals surface area contributed by atoms with Crippen molar-refractivity contribution in [1.29, 1.82) is 0 Å². The van der Waals surface area contributed by atoms with Crippen molar-refractivity contribution in [2.75, 3.05) is 4.90 Å². The van der Waals surface area contributed by atoms with Crippen LogP contribution in [0.25, 0.3) is 77.9 Å². The Kier molecular flexibility index (Phi) is 9.59. The average Bonchev–Trinajstić information content (AvgIpc) is 3.76. The summed E-state index contributed by atoms with van der Waals surface area (Å²) in [4.78, 5) is 2.41. The summed E-state index contributed by atoms with van der Waals surface area (Å²) in [6, 6.07) is 87.4. The fourth-order valence-corrected chi connectivity index (χ4v) is 11.4. The van der Waals surface area contributed by atoms with Crippen molar-refractivity contribution in [3.8, 4) is 77.9 Å². The molecular formula is C66H51N.